The summed E-state index contributed by atoms with van der Waals surface area (Å²) in [5.41, 5.74) is 0.195. The summed E-state index contributed by atoms with van der Waals surface area (Å²) in [5, 5.41) is 3.64. The van der Waals surface area contributed by atoms with E-state index in [0.717, 1.165) is 28.2 Å². The molecule has 0 radical (unpaired) electrons. The van der Waals surface area contributed by atoms with E-state index in [1.54, 1.807) is 6.07 Å². The second-order valence-corrected chi connectivity index (χ2v) is 15.0. The zero-order chi connectivity index (χ0) is 19.5. The molecule has 0 unspecified atom stereocenters. The van der Waals surface area contributed by atoms with Gasteiger partial charge in [-0.15, -0.1) is 0 Å². The van der Waals surface area contributed by atoms with Gasteiger partial charge < -0.3 is 14.0 Å². The van der Waals surface area contributed by atoms with Crippen LogP contribution in [0.1, 0.15) is 20.8 Å². The SMILES string of the molecule is CC(C)(C)OC(=O)Nc1ccc2c(Br)cn(COCC[Si](C)(C)C)c2n1. The molecule has 2 rings (SSSR count). The average Bonchev–Trinajstić information content (AvgIpc) is 2.77. The summed E-state index contributed by atoms with van der Waals surface area (Å²) < 4.78 is 14.0. The molecule has 0 aromatic carbocycles. The Balaban J connectivity index is 2.10. The lowest BCUT2D eigenvalue weighted by atomic mass is 10.2. The summed E-state index contributed by atoms with van der Waals surface area (Å²) in [6.45, 7) is 13.6. The molecule has 144 valence electrons. The molecule has 6 nitrogen and oxygen atoms in total. The molecule has 8 heteroatoms. The Hall–Kier alpha value is -1.38. The van der Waals surface area contributed by atoms with Gasteiger partial charge in [0.2, 0.25) is 0 Å². The van der Waals surface area contributed by atoms with Crippen LogP contribution < -0.4 is 5.32 Å². The molecule has 0 bridgehead atoms. The Labute approximate surface area is 164 Å². The molecule has 0 aliphatic heterocycles. The second kappa shape index (κ2) is 8.10. The maximum atomic E-state index is 11.9. The Morgan fingerprint density at radius 2 is 2.00 bits per heavy atom. The van der Waals surface area contributed by atoms with Crippen LogP contribution in [0.25, 0.3) is 11.0 Å². The van der Waals surface area contributed by atoms with Crippen LogP contribution in [0.15, 0.2) is 22.8 Å². The minimum Gasteiger partial charge on any atom is -0.444 e. The van der Waals surface area contributed by atoms with Crippen LogP contribution in [0.2, 0.25) is 25.7 Å². The first-order chi connectivity index (χ1) is 11.9. The van der Waals surface area contributed by atoms with E-state index in [2.05, 4.69) is 45.9 Å². The van der Waals surface area contributed by atoms with Crippen molar-refractivity contribution in [3.63, 3.8) is 0 Å². The summed E-state index contributed by atoms with van der Waals surface area (Å²) in [5.74, 6) is 0.445. The third-order valence-electron chi connectivity index (χ3n) is 3.53. The van der Waals surface area contributed by atoms with Crippen molar-refractivity contribution in [2.24, 2.45) is 0 Å². The van der Waals surface area contributed by atoms with Crippen molar-refractivity contribution in [2.45, 2.75) is 58.8 Å². The Morgan fingerprint density at radius 3 is 2.62 bits per heavy atom. The molecule has 0 atom stereocenters. The molecule has 2 aromatic heterocycles. The predicted octanol–water partition coefficient (Wildman–Crippen LogP) is 5.46. The van der Waals surface area contributed by atoms with Crippen LogP contribution in [0.4, 0.5) is 10.6 Å². The van der Waals surface area contributed by atoms with E-state index < -0.39 is 19.8 Å². The van der Waals surface area contributed by atoms with Gasteiger partial charge in [-0.05, 0) is 54.9 Å². The lowest BCUT2D eigenvalue weighted by Gasteiger charge is -2.19. The summed E-state index contributed by atoms with van der Waals surface area (Å²) in [7, 11) is -1.11. The highest BCUT2D eigenvalue weighted by molar-refractivity contribution is 9.10. The smallest absolute Gasteiger partial charge is 0.413 e. The van der Waals surface area contributed by atoms with Gasteiger partial charge in [-0.2, -0.15) is 0 Å². The van der Waals surface area contributed by atoms with Gasteiger partial charge in [0, 0.05) is 30.7 Å². The van der Waals surface area contributed by atoms with Gasteiger partial charge in [0.05, 0.1) is 0 Å². The van der Waals surface area contributed by atoms with Gasteiger partial charge >= 0.3 is 6.09 Å². The summed E-state index contributed by atoms with van der Waals surface area (Å²) in [6, 6.07) is 4.79. The van der Waals surface area contributed by atoms with E-state index >= 15 is 0 Å². The fraction of sp³-hybridized carbons (Fsp3) is 0.556. The number of fused-ring (bicyclic) bond motifs is 1. The predicted molar refractivity (Wildman–Crippen MR) is 111 cm³/mol. The highest BCUT2D eigenvalue weighted by atomic mass is 79.9. The number of nitrogens with zero attached hydrogens (tertiary/aromatic N) is 2. The monoisotopic (exact) mass is 441 g/mol. The number of amides is 1. The highest BCUT2D eigenvalue weighted by Crippen LogP contribution is 2.26. The minimum atomic E-state index is -1.11. The van der Waals surface area contributed by atoms with Gasteiger partial charge in [-0.3, -0.25) is 5.32 Å². The zero-order valence-corrected chi connectivity index (χ0v) is 18.9. The van der Waals surface area contributed by atoms with Gasteiger partial charge in [-0.25, -0.2) is 9.78 Å². The fourth-order valence-electron chi connectivity index (χ4n) is 2.24. The van der Waals surface area contributed by atoms with E-state index in [0.29, 0.717) is 12.5 Å². The summed E-state index contributed by atoms with van der Waals surface area (Å²) in [6.07, 6.45) is 1.43. The largest absolute Gasteiger partial charge is 0.444 e. The molecule has 1 N–H and O–H groups in total. The van der Waals surface area contributed by atoms with Gasteiger partial charge in [-0.1, -0.05) is 19.6 Å². The van der Waals surface area contributed by atoms with E-state index in [9.17, 15) is 4.79 Å². The van der Waals surface area contributed by atoms with E-state index in [-0.39, 0.29) is 0 Å². The number of anilines is 1. The minimum absolute atomic E-state index is 0.426. The Bertz CT molecular complexity index is 778. The van der Waals surface area contributed by atoms with Gasteiger partial charge in [0.25, 0.3) is 0 Å². The number of rotatable bonds is 6. The van der Waals surface area contributed by atoms with Gasteiger partial charge in [0.1, 0.15) is 23.8 Å². The van der Waals surface area contributed by atoms with Crippen LogP contribution in [0.5, 0.6) is 0 Å². The van der Waals surface area contributed by atoms with Crippen molar-refractivity contribution in [3.8, 4) is 0 Å². The molecule has 0 fully saturated rings. The second-order valence-electron chi connectivity index (χ2n) is 8.49. The number of hydrogen-bond acceptors (Lipinski definition) is 4. The van der Waals surface area contributed by atoms with Crippen LogP contribution in [-0.4, -0.2) is 35.9 Å². The van der Waals surface area contributed by atoms with Crippen molar-refractivity contribution < 1.29 is 14.3 Å². The quantitative estimate of drug-likeness (QED) is 0.477. The van der Waals surface area contributed by atoms with Gasteiger partial charge in [0.15, 0.2) is 0 Å². The number of halogens is 1. The first kappa shape index (κ1) is 20.9. The zero-order valence-electron chi connectivity index (χ0n) is 16.4. The van der Waals surface area contributed by atoms with Crippen molar-refractivity contribution >= 4 is 46.9 Å². The van der Waals surface area contributed by atoms with Crippen molar-refractivity contribution in [3.05, 3.63) is 22.8 Å². The molecule has 26 heavy (non-hydrogen) atoms. The number of nitrogens with one attached hydrogen (secondary N) is 1. The summed E-state index contributed by atoms with van der Waals surface area (Å²) in [4.78, 5) is 16.5. The lowest BCUT2D eigenvalue weighted by molar-refractivity contribution is 0.0635. The standard InChI is InChI=1S/C18H28BrN3O3Si/c1-18(2,3)25-17(23)21-15-8-7-13-14(19)11-22(16(13)20-15)12-24-9-10-26(4,5)6/h7-8,11H,9-10,12H2,1-6H3,(H,20,21,23). The lowest BCUT2D eigenvalue weighted by Crippen LogP contribution is -2.27. The molecule has 0 saturated heterocycles. The first-order valence-electron chi connectivity index (χ1n) is 8.68. The van der Waals surface area contributed by atoms with Crippen molar-refractivity contribution in [1.29, 1.82) is 0 Å². The molecule has 0 saturated carbocycles. The third kappa shape index (κ3) is 6.41. The number of pyridine rings is 1. The maximum Gasteiger partial charge on any atom is 0.413 e. The normalized spacial score (nSPS) is 12.4. The van der Waals surface area contributed by atoms with E-state index in [1.165, 1.54) is 0 Å². The topological polar surface area (TPSA) is 65.4 Å². The maximum absolute atomic E-state index is 11.9. The van der Waals surface area contributed by atoms with Crippen molar-refractivity contribution in [1.82, 2.24) is 9.55 Å². The molecule has 2 heterocycles. The number of carbonyl (C=O) groups is 1. The van der Waals surface area contributed by atoms with Crippen LogP contribution in [0.3, 0.4) is 0 Å². The molecule has 0 aliphatic carbocycles. The molecule has 0 aliphatic rings. The number of carbonyl (C=O) groups excluding carboxylic acids is 1. The third-order valence-corrected chi connectivity index (χ3v) is 5.87. The molecular weight excluding hydrogens is 414 g/mol. The Morgan fingerprint density at radius 1 is 1.31 bits per heavy atom. The first-order valence-corrected chi connectivity index (χ1v) is 13.2. The van der Waals surface area contributed by atoms with Crippen LogP contribution in [-0.2, 0) is 16.2 Å². The number of hydrogen-bond donors (Lipinski definition) is 1. The Kier molecular flexibility index (Phi) is 6.52. The number of ether oxygens (including phenoxy) is 2. The number of aromatic nitrogens is 2. The fourth-order valence-corrected chi connectivity index (χ4v) is 3.55. The van der Waals surface area contributed by atoms with Crippen molar-refractivity contribution in [2.75, 3.05) is 11.9 Å². The summed E-state index contributed by atoms with van der Waals surface area (Å²) >= 11 is 3.55. The average molecular weight is 442 g/mol. The molecule has 0 spiro atoms. The van der Waals surface area contributed by atoms with Crippen LogP contribution in [0, 0.1) is 0 Å². The van der Waals surface area contributed by atoms with E-state index in [1.807, 2.05) is 37.6 Å². The van der Waals surface area contributed by atoms with E-state index in [4.69, 9.17) is 9.47 Å². The molecule has 2 aromatic rings. The molecule has 1 amide bonds. The van der Waals surface area contributed by atoms with Crippen LogP contribution >= 0.6 is 15.9 Å². The highest BCUT2D eigenvalue weighted by Gasteiger charge is 2.17. The molecular formula is C18H28BrN3O3Si.